The minimum absolute atomic E-state index is 0. The summed E-state index contributed by atoms with van der Waals surface area (Å²) >= 11 is 0. The second-order valence-electron chi connectivity index (χ2n) is 6.96. The molecule has 0 atom stereocenters. The van der Waals surface area contributed by atoms with E-state index in [1.165, 1.54) is 0 Å². The van der Waals surface area contributed by atoms with Gasteiger partial charge in [0.05, 0.1) is 20.2 Å². The third kappa shape index (κ3) is 7.61. The van der Waals surface area contributed by atoms with Crippen molar-refractivity contribution in [2.75, 3.05) is 38.3 Å². The standard InChI is InChI=1S/C23H30N4O3.HI/c1-3-24-23(25-14-16-30-21-12-10-20(29-2)11-13-21)26-17-18-6-8-19(9-7-18)27-15-4-5-22(27)28;/h6-13H,3-5,14-17H2,1-2H3,(H2,24,25,26);1H. The fraction of sp³-hybridized carbons (Fsp3) is 0.391. The van der Waals surface area contributed by atoms with E-state index in [1.807, 2.05) is 60.4 Å². The van der Waals surface area contributed by atoms with Gasteiger partial charge in [0.15, 0.2) is 5.96 Å². The highest BCUT2D eigenvalue weighted by atomic mass is 127. The maximum atomic E-state index is 11.9. The minimum atomic E-state index is 0. The molecular formula is C23H31IN4O3. The number of benzene rings is 2. The highest BCUT2D eigenvalue weighted by Gasteiger charge is 2.21. The summed E-state index contributed by atoms with van der Waals surface area (Å²) in [6.45, 7) is 5.34. The summed E-state index contributed by atoms with van der Waals surface area (Å²) in [4.78, 5) is 18.3. The monoisotopic (exact) mass is 538 g/mol. The molecule has 0 aliphatic carbocycles. The fourth-order valence-corrected chi connectivity index (χ4v) is 3.22. The maximum absolute atomic E-state index is 11.9. The molecule has 2 aromatic rings. The number of carbonyl (C=O) groups excluding carboxylic acids is 1. The minimum Gasteiger partial charge on any atom is -0.497 e. The molecule has 2 N–H and O–H groups in total. The predicted octanol–water partition coefficient (Wildman–Crippen LogP) is 3.57. The van der Waals surface area contributed by atoms with Gasteiger partial charge in [0.1, 0.15) is 18.1 Å². The smallest absolute Gasteiger partial charge is 0.227 e. The van der Waals surface area contributed by atoms with E-state index in [0.717, 1.165) is 48.2 Å². The predicted molar refractivity (Wildman–Crippen MR) is 135 cm³/mol. The Hall–Kier alpha value is -2.49. The first-order valence-corrected chi connectivity index (χ1v) is 10.4. The Bertz CT molecular complexity index is 841. The molecule has 3 rings (SSSR count). The van der Waals surface area contributed by atoms with E-state index >= 15 is 0 Å². The van der Waals surface area contributed by atoms with Gasteiger partial charge in [-0.1, -0.05) is 12.1 Å². The van der Waals surface area contributed by atoms with Crippen LogP contribution in [0.3, 0.4) is 0 Å². The average Bonchev–Trinajstić information content (AvgIpc) is 3.21. The van der Waals surface area contributed by atoms with Crippen LogP contribution in [0.2, 0.25) is 0 Å². The Morgan fingerprint density at radius 2 is 1.77 bits per heavy atom. The zero-order chi connectivity index (χ0) is 21.2. The molecule has 8 heteroatoms. The van der Waals surface area contributed by atoms with Gasteiger partial charge in [-0.15, -0.1) is 24.0 Å². The quantitative estimate of drug-likeness (QED) is 0.221. The lowest BCUT2D eigenvalue weighted by molar-refractivity contribution is -0.117. The SMILES string of the molecule is CCNC(=NCc1ccc(N2CCCC2=O)cc1)NCCOc1ccc(OC)cc1.I. The number of halogens is 1. The third-order valence-electron chi connectivity index (χ3n) is 4.81. The first kappa shape index (κ1) is 24.8. The highest BCUT2D eigenvalue weighted by molar-refractivity contribution is 14.0. The van der Waals surface area contributed by atoms with E-state index in [2.05, 4.69) is 15.6 Å². The fourth-order valence-electron chi connectivity index (χ4n) is 3.22. The number of carbonyl (C=O) groups is 1. The average molecular weight is 538 g/mol. The summed E-state index contributed by atoms with van der Waals surface area (Å²) in [6.07, 6.45) is 1.58. The zero-order valence-electron chi connectivity index (χ0n) is 18.1. The Morgan fingerprint density at radius 1 is 1.06 bits per heavy atom. The van der Waals surface area contributed by atoms with Gasteiger partial charge < -0.3 is 25.0 Å². The topological polar surface area (TPSA) is 75.2 Å². The molecule has 1 fully saturated rings. The maximum Gasteiger partial charge on any atom is 0.227 e. The van der Waals surface area contributed by atoms with Gasteiger partial charge in [-0.05, 0) is 55.3 Å². The van der Waals surface area contributed by atoms with Gasteiger partial charge in [0, 0.05) is 25.2 Å². The van der Waals surface area contributed by atoms with Crippen LogP contribution in [0.5, 0.6) is 11.5 Å². The second-order valence-corrected chi connectivity index (χ2v) is 6.96. The number of aliphatic imine (C=N–C) groups is 1. The number of hydrogen-bond donors (Lipinski definition) is 2. The molecule has 7 nitrogen and oxygen atoms in total. The lowest BCUT2D eigenvalue weighted by Crippen LogP contribution is -2.39. The van der Waals surface area contributed by atoms with Crippen molar-refractivity contribution in [1.82, 2.24) is 10.6 Å². The van der Waals surface area contributed by atoms with E-state index in [1.54, 1.807) is 7.11 Å². The number of hydrogen-bond acceptors (Lipinski definition) is 4. The number of methoxy groups -OCH3 is 1. The van der Waals surface area contributed by atoms with Crippen molar-refractivity contribution >= 4 is 41.5 Å². The number of nitrogens with zero attached hydrogens (tertiary/aromatic N) is 2. The summed E-state index contributed by atoms with van der Waals surface area (Å²) < 4.78 is 10.9. The Kier molecular flexibility index (Phi) is 10.4. The molecule has 31 heavy (non-hydrogen) atoms. The number of amides is 1. The summed E-state index contributed by atoms with van der Waals surface area (Å²) in [5.41, 5.74) is 2.06. The summed E-state index contributed by atoms with van der Waals surface area (Å²) in [5.74, 6) is 2.56. The lowest BCUT2D eigenvalue weighted by Gasteiger charge is -2.16. The van der Waals surface area contributed by atoms with Gasteiger partial charge in [-0.2, -0.15) is 0 Å². The van der Waals surface area contributed by atoms with Crippen LogP contribution in [0.4, 0.5) is 5.69 Å². The first-order valence-electron chi connectivity index (χ1n) is 10.4. The third-order valence-corrected chi connectivity index (χ3v) is 4.81. The van der Waals surface area contributed by atoms with Crippen LogP contribution in [-0.2, 0) is 11.3 Å². The Morgan fingerprint density at radius 3 is 2.39 bits per heavy atom. The normalized spacial score (nSPS) is 13.5. The number of anilines is 1. The molecule has 0 radical (unpaired) electrons. The largest absolute Gasteiger partial charge is 0.497 e. The Labute approximate surface area is 201 Å². The number of rotatable bonds is 9. The lowest BCUT2D eigenvalue weighted by atomic mass is 10.2. The molecule has 0 spiro atoms. The molecule has 168 valence electrons. The van der Waals surface area contributed by atoms with Crippen molar-refractivity contribution in [1.29, 1.82) is 0 Å². The molecule has 0 bridgehead atoms. The molecule has 1 aliphatic rings. The number of ether oxygens (including phenoxy) is 2. The van der Waals surface area contributed by atoms with Crippen molar-refractivity contribution in [3.05, 3.63) is 54.1 Å². The van der Waals surface area contributed by atoms with Crippen molar-refractivity contribution in [3.63, 3.8) is 0 Å². The van der Waals surface area contributed by atoms with Crippen LogP contribution in [0, 0.1) is 0 Å². The Balaban J connectivity index is 0.00000341. The molecule has 1 heterocycles. The molecule has 0 aromatic heterocycles. The number of guanidine groups is 1. The zero-order valence-corrected chi connectivity index (χ0v) is 20.4. The van der Waals surface area contributed by atoms with Crippen LogP contribution in [0.25, 0.3) is 0 Å². The summed E-state index contributed by atoms with van der Waals surface area (Å²) in [6, 6.07) is 15.6. The molecule has 1 amide bonds. The van der Waals surface area contributed by atoms with Gasteiger partial charge in [-0.3, -0.25) is 4.79 Å². The van der Waals surface area contributed by atoms with Crippen LogP contribution in [-0.4, -0.2) is 45.2 Å². The van der Waals surface area contributed by atoms with E-state index in [0.29, 0.717) is 26.1 Å². The van der Waals surface area contributed by atoms with Crippen LogP contribution < -0.4 is 25.0 Å². The molecule has 2 aromatic carbocycles. The van der Waals surface area contributed by atoms with Gasteiger partial charge >= 0.3 is 0 Å². The van der Waals surface area contributed by atoms with E-state index in [9.17, 15) is 4.79 Å². The molecule has 0 saturated carbocycles. The van der Waals surface area contributed by atoms with Gasteiger partial charge in [-0.25, -0.2) is 4.99 Å². The van der Waals surface area contributed by atoms with Crippen LogP contribution in [0.1, 0.15) is 25.3 Å². The summed E-state index contributed by atoms with van der Waals surface area (Å²) in [5, 5.41) is 6.52. The van der Waals surface area contributed by atoms with Crippen molar-refractivity contribution in [3.8, 4) is 11.5 Å². The molecule has 0 unspecified atom stereocenters. The van der Waals surface area contributed by atoms with Crippen molar-refractivity contribution in [2.24, 2.45) is 4.99 Å². The van der Waals surface area contributed by atoms with Gasteiger partial charge in [0.25, 0.3) is 0 Å². The van der Waals surface area contributed by atoms with Crippen molar-refractivity contribution in [2.45, 2.75) is 26.3 Å². The van der Waals surface area contributed by atoms with E-state index in [4.69, 9.17) is 9.47 Å². The molecule has 1 aliphatic heterocycles. The first-order chi connectivity index (χ1) is 14.7. The molecule has 1 saturated heterocycles. The van der Waals surface area contributed by atoms with E-state index < -0.39 is 0 Å². The van der Waals surface area contributed by atoms with Crippen molar-refractivity contribution < 1.29 is 14.3 Å². The summed E-state index contributed by atoms with van der Waals surface area (Å²) in [7, 11) is 1.64. The van der Waals surface area contributed by atoms with Gasteiger partial charge in [0.2, 0.25) is 5.91 Å². The van der Waals surface area contributed by atoms with Crippen LogP contribution >= 0.6 is 24.0 Å². The number of nitrogens with one attached hydrogen (secondary N) is 2. The van der Waals surface area contributed by atoms with Crippen LogP contribution in [0.15, 0.2) is 53.5 Å². The highest BCUT2D eigenvalue weighted by Crippen LogP contribution is 2.21. The second kappa shape index (κ2) is 13.0. The van der Waals surface area contributed by atoms with E-state index in [-0.39, 0.29) is 29.9 Å². The molecular weight excluding hydrogens is 507 g/mol.